The minimum absolute atomic E-state index is 0.122. The molecule has 0 saturated heterocycles. The number of anilines is 1. The van der Waals surface area contributed by atoms with Crippen LogP contribution in [-0.2, 0) is 4.74 Å². The summed E-state index contributed by atoms with van der Waals surface area (Å²) < 4.78 is 47.5. The molecule has 0 fully saturated rings. The molecule has 8 nitrogen and oxygen atoms in total. The van der Waals surface area contributed by atoms with Crippen LogP contribution in [0.2, 0.25) is 0 Å². The van der Waals surface area contributed by atoms with Crippen LogP contribution in [0.3, 0.4) is 0 Å². The lowest BCUT2D eigenvalue weighted by Gasteiger charge is -2.14. The summed E-state index contributed by atoms with van der Waals surface area (Å²) in [6.45, 7) is 3.43. The first-order valence-electron chi connectivity index (χ1n) is 13.7. The molecule has 0 spiro atoms. The number of amides is 1. The molecule has 11 heteroatoms. The average molecular weight is 627 g/mol. The summed E-state index contributed by atoms with van der Waals surface area (Å²) in [7, 11) is 0. The second kappa shape index (κ2) is 12.2. The Labute approximate surface area is 259 Å². The maximum atomic E-state index is 15.2. The maximum Gasteiger partial charge on any atom is 0.412 e. The lowest BCUT2D eigenvalue weighted by atomic mass is 10.0. The van der Waals surface area contributed by atoms with Crippen LogP contribution in [0.4, 0.5) is 19.3 Å². The maximum absolute atomic E-state index is 15.2. The van der Waals surface area contributed by atoms with Gasteiger partial charge in [-0.2, -0.15) is 0 Å². The van der Waals surface area contributed by atoms with E-state index in [-0.39, 0.29) is 22.0 Å². The van der Waals surface area contributed by atoms with Gasteiger partial charge in [-0.05, 0) is 48.7 Å². The Morgan fingerprint density at radius 1 is 0.911 bits per heavy atom. The van der Waals surface area contributed by atoms with Crippen LogP contribution in [0.5, 0.6) is 10.8 Å². The van der Waals surface area contributed by atoms with E-state index in [2.05, 4.69) is 10.5 Å². The number of carboxylic acids is 1. The lowest BCUT2D eigenvalue weighted by Crippen LogP contribution is -2.16. The number of benzene rings is 4. The van der Waals surface area contributed by atoms with E-state index in [9.17, 15) is 14.7 Å². The molecular weight excluding hydrogens is 602 g/mol. The molecule has 0 radical (unpaired) electrons. The number of rotatable bonds is 8. The van der Waals surface area contributed by atoms with E-state index in [1.807, 2.05) is 30.3 Å². The Bertz CT molecular complexity index is 2020. The van der Waals surface area contributed by atoms with Crippen molar-refractivity contribution in [1.29, 1.82) is 0 Å². The van der Waals surface area contributed by atoms with Gasteiger partial charge in [0, 0.05) is 15.6 Å². The molecule has 1 unspecified atom stereocenters. The Hall–Kier alpha value is -5.55. The van der Waals surface area contributed by atoms with Gasteiger partial charge in [0.05, 0.1) is 0 Å². The number of ether oxygens (including phenoxy) is 2. The molecule has 0 aliphatic rings. The fraction of sp³-hybridized carbons (Fsp3) is 0.0882. The highest BCUT2D eigenvalue weighted by Crippen LogP contribution is 2.42. The molecular formula is C34H24F2N2O6S. The number of carbonyl (C=O) groups is 2. The first kappa shape index (κ1) is 29.5. The molecule has 0 aliphatic carbocycles. The number of aromatic carboxylic acids is 1. The Morgan fingerprint density at radius 3 is 2.24 bits per heavy atom. The number of nitrogens with one attached hydrogen (secondary N) is 1. The van der Waals surface area contributed by atoms with E-state index < -0.39 is 35.6 Å². The first-order chi connectivity index (χ1) is 21.7. The Morgan fingerprint density at radius 2 is 1.56 bits per heavy atom. The number of thiophene rings is 1. The van der Waals surface area contributed by atoms with Crippen LogP contribution < -0.4 is 10.1 Å². The van der Waals surface area contributed by atoms with Gasteiger partial charge in [-0.3, -0.25) is 5.32 Å². The van der Waals surface area contributed by atoms with Gasteiger partial charge in [-0.25, -0.2) is 18.4 Å². The van der Waals surface area contributed by atoms with Gasteiger partial charge in [0.2, 0.25) is 0 Å². The predicted molar refractivity (Wildman–Crippen MR) is 166 cm³/mol. The molecule has 6 rings (SSSR count). The average Bonchev–Trinajstić information content (AvgIpc) is 3.59. The van der Waals surface area contributed by atoms with Crippen LogP contribution in [-0.4, -0.2) is 22.3 Å². The summed E-state index contributed by atoms with van der Waals surface area (Å²) in [6, 6.07) is 24.8. The zero-order chi connectivity index (χ0) is 31.7. The van der Waals surface area contributed by atoms with Crippen molar-refractivity contribution in [2.75, 3.05) is 5.32 Å². The Kier molecular flexibility index (Phi) is 8.01. The number of hydrogen-bond acceptors (Lipinski definition) is 7. The molecule has 0 aliphatic heterocycles. The normalized spacial score (nSPS) is 11.7. The van der Waals surface area contributed by atoms with E-state index in [0.29, 0.717) is 32.6 Å². The lowest BCUT2D eigenvalue weighted by molar-refractivity contribution is 0.0696. The predicted octanol–water partition coefficient (Wildman–Crippen LogP) is 9.61. The molecule has 2 aromatic heterocycles. The van der Waals surface area contributed by atoms with E-state index in [0.717, 1.165) is 29.0 Å². The molecule has 45 heavy (non-hydrogen) atoms. The number of halogens is 2. The minimum Gasteiger partial charge on any atom is -0.478 e. The van der Waals surface area contributed by atoms with Crippen molar-refractivity contribution in [3.8, 4) is 33.3 Å². The molecule has 2 N–H and O–H groups in total. The second-order valence-corrected chi connectivity index (χ2v) is 11.1. The van der Waals surface area contributed by atoms with Crippen LogP contribution in [0, 0.1) is 18.6 Å². The number of aromatic nitrogens is 1. The third-order valence-corrected chi connectivity index (χ3v) is 8.14. The van der Waals surface area contributed by atoms with Crippen molar-refractivity contribution in [2.45, 2.75) is 20.0 Å². The number of nitrogens with zero attached hydrogens (tertiary/aromatic N) is 1. The number of hydrogen-bond donors (Lipinski definition) is 2. The fourth-order valence-electron chi connectivity index (χ4n) is 4.83. The first-order valence-corrected chi connectivity index (χ1v) is 14.5. The summed E-state index contributed by atoms with van der Waals surface area (Å²) in [5.41, 5.74) is 2.70. The van der Waals surface area contributed by atoms with Crippen molar-refractivity contribution in [3.05, 3.63) is 119 Å². The highest BCUT2D eigenvalue weighted by Gasteiger charge is 2.24. The van der Waals surface area contributed by atoms with Crippen molar-refractivity contribution < 1.29 is 37.5 Å². The highest BCUT2D eigenvalue weighted by molar-refractivity contribution is 7.21. The second-order valence-electron chi connectivity index (χ2n) is 10.1. The quantitative estimate of drug-likeness (QED) is 0.173. The minimum atomic E-state index is -1.26. The van der Waals surface area contributed by atoms with E-state index >= 15 is 8.78 Å². The van der Waals surface area contributed by atoms with Crippen molar-refractivity contribution in [2.24, 2.45) is 0 Å². The zero-order valence-electron chi connectivity index (χ0n) is 23.8. The summed E-state index contributed by atoms with van der Waals surface area (Å²) >= 11 is 0.988. The third-order valence-electron chi connectivity index (χ3n) is 7.09. The summed E-state index contributed by atoms with van der Waals surface area (Å²) in [5.74, 6) is -3.68. The number of fused-ring (bicyclic) bond motifs is 1. The largest absolute Gasteiger partial charge is 0.478 e. The number of carboxylic acid groups (broad SMARTS) is 1. The molecule has 2 heterocycles. The molecule has 0 saturated carbocycles. The number of aryl methyl sites for hydroxylation is 1. The molecule has 226 valence electrons. The fourth-order valence-corrected chi connectivity index (χ4v) is 5.88. The summed E-state index contributed by atoms with van der Waals surface area (Å²) in [4.78, 5) is 24.6. The van der Waals surface area contributed by atoms with E-state index in [4.69, 9.17) is 14.0 Å². The van der Waals surface area contributed by atoms with E-state index in [1.165, 1.54) is 0 Å². The summed E-state index contributed by atoms with van der Waals surface area (Å²) in [5, 5.41) is 16.7. The van der Waals surface area contributed by atoms with Crippen LogP contribution in [0.1, 0.15) is 34.6 Å². The molecule has 1 amide bonds. The van der Waals surface area contributed by atoms with E-state index in [1.54, 1.807) is 62.4 Å². The topological polar surface area (TPSA) is 111 Å². The van der Waals surface area contributed by atoms with Crippen LogP contribution >= 0.6 is 11.3 Å². The van der Waals surface area contributed by atoms with Crippen molar-refractivity contribution in [3.63, 3.8) is 0 Å². The molecule has 0 bridgehead atoms. The third kappa shape index (κ3) is 5.98. The van der Waals surface area contributed by atoms with Gasteiger partial charge in [0.1, 0.15) is 23.0 Å². The van der Waals surface area contributed by atoms with Gasteiger partial charge in [0.15, 0.2) is 28.2 Å². The monoisotopic (exact) mass is 626 g/mol. The van der Waals surface area contributed by atoms with Gasteiger partial charge in [-0.15, -0.1) is 0 Å². The smallest absolute Gasteiger partial charge is 0.412 e. The van der Waals surface area contributed by atoms with Gasteiger partial charge < -0.3 is 19.1 Å². The van der Waals surface area contributed by atoms with Gasteiger partial charge in [-0.1, -0.05) is 89.3 Å². The van der Waals surface area contributed by atoms with Gasteiger partial charge in [0.25, 0.3) is 0 Å². The van der Waals surface area contributed by atoms with Crippen molar-refractivity contribution >= 4 is 39.2 Å². The standard InChI is InChI=1S/C34H24F2N2O6S/c1-18-29(37-34(41)42-19(2)20-8-4-3-5-9-20)30(44-38-18)22-14-12-21(13-15-22)23-16-25(35)31(26(36)17-23)43-33-28(32(39)40)24-10-6-7-11-27(24)45-33/h3-17,19H,1-2H3,(H,37,41)(H,39,40). The molecule has 1 atom stereocenters. The van der Waals surface area contributed by atoms with Gasteiger partial charge >= 0.3 is 12.1 Å². The van der Waals surface area contributed by atoms with Crippen LogP contribution in [0.25, 0.3) is 32.5 Å². The van der Waals surface area contributed by atoms with Crippen molar-refractivity contribution in [1.82, 2.24) is 5.16 Å². The van der Waals surface area contributed by atoms with Crippen LogP contribution in [0.15, 0.2) is 95.5 Å². The molecule has 6 aromatic rings. The SMILES string of the molecule is Cc1noc(-c2ccc(-c3cc(F)c(Oc4sc5ccccc5c4C(=O)O)c(F)c3)cc2)c1NC(=O)OC(C)c1ccccc1. The summed E-state index contributed by atoms with van der Waals surface area (Å²) in [6.07, 6.45) is -1.18. The molecule has 4 aromatic carbocycles. The highest BCUT2D eigenvalue weighted by atomic mass is 32.1. The zero-order valence-corrected chi connectivity index (χ0v) is 24.7. The Balaban J connectivity index is 1.21. The number of carbonyl (C=O) groups excluding carboxylic acids is 1.